The molecule has 122 valence electrons. The summed E-state index contributed by atoms with van der Waals surface area (Å²) in [5.74, 6) is -1.69. The van der Waals surface area contributed by atoms with E-state index in [-0.39, 0.29) is 12.3 Å². The first kappa shape index (κ1) is 16.7. The van der Waals surface area contributed by atoms with Crippen molar-refractivity contribution >= 4 is 29.1 Å². The van der Waals surface area contributed by atoms with E-state index in [2.05, 4.69) is 15.8 Å². The Morgan fingerprint density at radius 1 is 1.09 bits per heavy atom. The summed E-state index contributed by atoms with van der Waals surface area (Å²) in [7, 11) is 0. The number of likely N-dealkylation sites (tertiary alicyclic amines) is 1. The molecule has 3 amide bonds. The number of nitrogens with zero attached hydrogens (tertiary/aromatic N) is 2. The number of carbonyl (C=O) groups is 3. The van der Waals surface area contributed by atoms with Crippen LogP contribution >= 0.6 is 0 Å². The normalized spacial score (nSPS) is 14.5. The number of hydrogen-bond donors (Lipinski definition) is 2. The van der Waals surface area contributed by atoms with E-state index in [0.717, 1.165) is 25.9 Å². The largest absolute Gasteiger partial charge is 0.342 e. The van der Waals surface area contributed by atoms with Gasteiger partial charge >= 0.3 is 11.8 Å². The maximum atomic E-state index is 11.9. The van der Waals surface area contributed by atoms with Crippen LogP contribution in [0.3, 0.4) is 0 Å². The fourth-order valence-electron chi connectivity index (χ4n) is 2.24. The second-order valence-electron chi connectivity index (χ2n) is 5.37. The summed E-state index contributed by atoms with van der Waals surface area (Å²) in [6.45, 7) is 3.19. The number of anilines is 1. The van der Waals surface area contributed by atoms with Gasteiger partial charge in [0, 0.05) is 24.5 Å². The molecule has 1 saturated heterocycles. The van der Waals surface area contributed by atoms with E-state index >= 15 is 0 Å². The number of hydrazone groups is 1. The first-order chi connectivity index (χ1) is 11.1. The van der Waals surface area contributed by atoms with Crippen LogP contribution in [0.25, 0.3) is 0 Å². The number of carbonyl (C=O) groups excluding carboxylic acids is 3. The number of para-hydroxylation sites is 1. The summed E-state index contributed by atoms with van der Waals surface area (Å²) in [4.78, 5) is 37.1. The molecule has 0 atom stereocenters. The highest BCUT2D eigenvalue weighted by atomic mass is 16.2. The number of benzene rings is 1. The molecule has 0 saturated carbocycles. The first-order valence-corrected chi connectivity index (χ1v) is 7.53. The third-order valence-corrected chi connectivity index (χ3v) is 3.45. The maximum Gasteiger partial charge on any atom is 0.329 e. The molecule has 0 aliphatic carbocycles. The molecule has 1 aliphatic rings. The molecule has 0 radical (unpaired) electrons. The molecule has 0 unspecified atom stereocenters. The van der Waals surface area contributed by atoms with Gasteiger partial charge in [0.1, 0.15) is 0 Å². The average molecular weight is 316 g/mol. The van der Waals surface area contributed by atoms with E-state index in [1.165, 1.54) is 0 Å². The highest BCUT2D eigenvalue weighted by molar-refractivity contribution is 6.39. The van der Waals surface area contributed by atoms with Gasteiger partial charge in [-0.15, -0.1) is 0 Å². The van der Waals surface area contributed by atoms with Crippen molar-refractivity contribution in [1.82, 2.24) is 10.3 Å². The van der Waals surface area contributed by atoms with Gasteiger partial charge in [0.2, 0.25) is 5.91 Å². The summed E-state index contributed by atoms with van der Waals surface area (Å²) in [5.41, 5.74) is 3.15. The molecule has 23 heavy (non-hydrogen) atoms. The monoisotopic (exact) mass is 316 g/mol. The Bertz CT molecular complexity index is 607. The summed E-state index contributed by atoms with van der Waals surface area (Å²) >= 11 is 0. The molecule has 1 aliphatic heterocycles. The number of rotatable bonds is 4. The fraction of sp³-hybridized carbons (Fsp3) is 0.375. The van der Waals surface area contributed by atoms with Crippen LogP contribution in [0.15, 0.2) is 35.4 Å². The van der Waals surface area contributed by atoms with Gasteiger partial charge in [-0.1, -0.05) is 18.2 Å². The molecular weight excluding hydrogens is 296 g/mol. The molecular formula is C16H20N4O3. The van der Waals surface area contributed by atoms with Gasteiger partial charge in [0.05, 0.1) is 6.42 Å². The predicted molar refractivity (Wildman–Crippen MR) is 86.8 cm³/mol. The lowest BCUT2D eigenvalue weighted by atomic mass is 10.3. The van der Waals surface area contributed by atoms with Crippen LogP contribution in [0.4, 0.5) is 5.69 Å². The molecule has 1 fully saturated rings. The lowest BCUT2D eigenvalue weighted by molar-refractivity contribution is -0.136. The van der Waals surface area contributed by atoms with Crippen molar-refractivity contribution in [2.45, 2.75) is 26.2 Å². The standard InChI is InChI=1S/C16H20N4O3/c1-12(11-14(21)20-9-5-6-10-20)18-19-16(23)15(22)17-13-7-3-2-4-8-13/h2-4,7-8H,5-6,9-11H2,1H3,(H,17,22)(H,19,23). The lowest BCUT2D eigenvalue weighted by Gasteiger charge is -2.14. The van der Waals surface area contributed by atoms with Crippen LogP contribution in [-0.2, 0) is 14.4 Å². The molecule has 0 aromatic heterocycles. The van der Waals surface area contributed by atoms with Gasteiger partial charge in [-0.3, -0.25) is 14.4 Å². The smallest absolute Gasteiger partial charge is 0.329 e. The number of nitrogens with one attached hydrogen (secondary N) is 2. The molecule has 1 heterocycles. The third kappa shape index (κ3) is 5.21. The number of hydrogen-bond acceptors (Lipinski definition) is 4. The zero-order valence-corrected chi connectivity index (χ0v) is 13.0. The van der Waals surface area contributed by atoms with Crippen molar-refractivity contribution in [3.05, 3.63) is 30.3 Å². The molecule has 7 heteroatoms. The SMILES string of the molecule is CC(CC(=O)N1CCCC1)=NNC(=O)C(=O)Nc1ccccc1. The Morgan fingerprint density at radius 3 is 2.39 bits per heavy atom. The molecule has 0 spiro atoms. The predicted octanol–water partition coefficient (Wildman–Crippen LogP) is 1.13. The van der Waals surface area contributed by atoms with Crippen molar-refractivity contribution in [2.75, 3.05) is 18.4 Å². The topological polar surface area (TPSA) is 90.9 Å². The Labute approximate surface area is 134 Å². The first-order valence-electron chi connectivity index (χ1n) is 7.53. The molecule has 7 nitrogen and oxygen atoms in total. The van der Waals surface area contributed by atoms with Crippen LogP contribution in [0.1, 0.15) is 26.2 Å². The minimum atomic E-state index is -0.873. The highest BCUT2D eigenvalue weighted by Crippen LogP contribution is 2.09. The summed E-state index contributed by atoms with van der Waals surface area (Å²) in [6, 6.07) is 8.66. The van der Waals surface area contributed by atoms with E-state index < -0.39 is 11.8 Å². The number of amides is 3. The van der Waals surface area contributed by atoms with Crippen molar-refractivity contribution in [1.29, 1.82) is 0 Å². The van der Waals surface area contributed by atoms with Gasteiger partial charge in [-0.2, -0.15) is 5.10 Å². The molecule has 1 aromatic carbocycles. The molecule has 1 aromatic rings. The highest BCUT2D eigenvalue weighted by Gasteiger charge is 2.18. The van der Waals surface area contributed by atoms with Crippen molar-refractivity contribution < 1.29 is 14.4 Å². The van der Waals surface area contributed by atoms with Gasteiger partial charge in [0.15, 0.2) is 0 Å². The van der Waals surface area contributed by atoms with Crippen molar-refractivity contribution in [2.24, 2.45) is 5.10 Å². The average Bonchev–Trinajstić information content (AvgIpc) is 3.08. The van der Waals surface area contributed by atoms with E-state index in [4.69, 9.17) is 0 Å². The lowest BCUT2D eigenvalue weighted by Crippen LogP contribution is -2.33. The van der Waals surface area contributed by atoms with E-state index in [1.54, 1.807) is 42.2 Å². The zero-order chi connectivity index (χ0) is 16.7. The Balaban J connectivity index is 1.79. The summed E-state index contributed by atoms with van der Waals surface area (Å²) in [5, 5.41) is 6.26. The zero-order valence-electron chi connectivity index (χ0n) is 13.0. The molecule has 2 rings (SSSR count). The minimum Gasteiger partial charge on any atom is -0.342 e. The van der Waals surface area contributed by atoms with Crippen LogP contribution in [0, 0.1) is 0 Å². The van der Waals surface area contributed by atoms with Gasteiger partial charge < -0.3 is 10.2 Å². The van der Waals surface area contributed by atoms with Gasteiger partial charge in [-0.25, -0.2) is 5.43 Å². The van der Waals surface area contributed by atoms with Crippen LogP contribution in [0.2, 0.25) is 0 Å². The second-order valence-corrected chi connectivity index (χ2v) is 5.37. The molecule has 0 bridgehead atoms. The third-order valence-electron chi connectivity index (χ3n) is 3.45. The maximum absolute atomic E-state index is 11.9. The van der Waals surface area contributed by atoms with E-state index in [0.29, 0.717) is 11.4 Å². The van der Waals surface area contributed by atoms with Crippen LogP contribution < -0.4 is 10.7 Å². The van der Waals surface area contributed by atoms with E-state index in [1.807, 2.05) is 0 Å². The van der Waals surface area contributed by atoms with Crippen molar-refractivity contribution in [3.63, 3.8) is 0 Å². The molecule has 2 N–H and O–H groups in total. The Hall–Kier alpha value is -2.70. The van der Waals surface area contributed by atoms with Gasteiger partial charge in [-0.05, 0) is 31.9 Å². The quantitative estimate of drug-likeness (QED) is 0.495. The summed E-state index contributed by atoms with van der Waals surface area (Å²) < 4.78 is 0. The Morgan fingerprint density at radius 2 is 1.74 bits per heavy atom. The summed E-state index contributed by atoms with van der Waals surface area (Å²) in [6.07, 6.45) is 2.19. The van der Waals surface area contributed by atoms with E-state index in [9.17, 15) is 14.4 Å². The van der Waals surface area contributed by atoms with Gasteiger partial charge in [0.25, 0.3) is 0 Å². The fourth-order valence-corrected chi connectivity index (χ4v) is 2.24. The Kier molecular flexibility index (Phi) is 5.85. The van der Waals surface area contributed by atoms with Crippen molar-refractivity contribution in [3.8, 4) is 0 Å². The second kappa shape index (κ2) is 8.07. The minimum absolute atomic E-state index is 0.00765. The van der Waals surface area contributed by atoms with Crippen LogP contribution in [-0.4, -0.2) is 41.4 Å². The van der Waals surface area contributed by atoms with Crippen LogP contribution in [0.5, 0.6) is 0 Å².